The van der Waals surface area contributed by atoms with E-state index in [0.717, 1.165) is 0 Å². The van der Waals surface area contributed by atoms with Crippen molar-refractivity contribution in [1.82, 2.24) is 0 Å². The Balaban J connectivity index is 1.12. The van der Waals surface area contributed by atoms with Crippen LogP contribution in [0.5, 0.6) is 0 Å². The lowest BCUT2D eigenvalue weighted by Crippen LogP contribution is -2.59. The Hall–Kier alpha value is -0.930. The number of ether oxygens (including phenoxy) is 10. The molecule has 7 aliphatic heterocycles. The highest BCUT2D eigenvalue weighted by Gasteiger charge is 2.65. The van der Waals surface area contributed by atoms with Crippen LogP contribution in [-0.4, -0.2) is 96.4 Å². The van der Waals surface area contributed by atoms with Crippen molar-refractivity contribution in [2.24, 2.45) is 5.16 Å². The predicted molar refractivity (Wildman–Crippen MR) is 122 cm³/mol. The van der Waals surface area contributed by atoms with Gasteiger partial charge in [-0.1, -0.05) is 5.16 Å². The van der Waals surface area contributed by atoms with Crippen LogP contribution in [-0.2, 0) is 52.2 Å². The molecule has 0 aromatic heterocycles. The zero-order chi connectivity index (χ0) is 26.1. The fourth-order valence-electron chi connectivity index (χ4n) is 6.58. The van der Waals surface area contributed by atoms with Crippen LogP contribution in [0.2, 0.25) is 0 Å². The largest absolute Gasteiger partial charge is 0.389 e. The minimum Gasteiger partial charge on any atom is -0.389 e. The molecule has 208 valence electrons. The van der Waals surface area contributed by atoms with Crippen molar-refractivity contribution in [2.45, 2.75) is 152 Å². The summed E-state index contributed by atoms with van der Waals surface area (Å²) in [4.78, 5) is 5.97. The molecule has 0 saturated carbocycles. The second-order valence-electron chi connectivity index (χ2n) is 12.7. The fourth-order valence-corrected chi connectivity index (χ4v) is 6.58. The Labute approximate surface area is 216 Å². The summed E-state index contributed by atoms with van der Waals surface area (Å²) in [6.45, 7) is 15.0. The first-order chi connectivity index (χ1) is 17.2. The molecule has 0 N–H and O–H groups in total. The molecule has 11 atom stereocenters. The Kier molecular flexibility index (Phi) is 5.31. The summed E-state index contributed by atoms with van der Waals surface area (Å²) in [5, 5.41) is 4.45. The van der Waals surface area contributed by atoms with Crippen LogP contribution in [0, 0.1) is 0 Å². The van der Waals surface area contributed by atoms with Gasteiger partial charge in [0.25, 0.3) is 0 Å². The molecule has 0 aromatic rings. The van der Waals surface area contributed by atoms with Gasteiger partial charge < -0.3 is 52.2 Å². The first-order valence-corrected chi connectivity index (χ1v) is 13.2. The highest BCUT2D eigenvalue weighted by atomic mass is 16.9. The molecule has 0 unspecified atom stereocenters. The van der Waals surface area contributed by atoms with E-state index in [9.17, 15) is 0 Å². The Bertz CT molecular complexity index is 982. The third-order valence-corrected chi connectivity index (χ3v) is 7.76. The fraction of sp³-hybridized carbons (Fsp3) is 0.960. The molecule has 7 heterocycles. The van der Waals surface area contributed by atoms with Gasteiger partial charge in [-0.2, -0.15) is 0 Å². The molecule has 12 nitrogen and oxygen atoms in total. The molecule has 7 aliphatic rings. The van der Waals surface area contributed by atoms with E-state index in [0.29, 0.717) is 12.1 Å². The first kappa shape index (κ1) is 25.1. The molecule has 6 fully saturated rings. The molecule has 0 aliphatic carbocycles. The summed E-state index contributed by atoms with van der Waals surface area (Å²) in [6, 6.07) is 0. The minimum atomic E-state index is -0.802. The number of rotatable bonds is 2. The van der Waals surface area contributed by atoms with E-state index in [1.165, 1.54) is 0 Å². The third kappa shape index (κ3) is 4.16. The maximum atomic E-state index is 6.40. The molecule has 0 bridgehead atoms. The predicted octanol–water partition coefficient (Wildman–Crippen LogP) is 1.92. The summed E-state index contributed by atoms with van der Waals surface area (Å²) in [7, 11) is 0. The van der Waals surface area contributed by atoms with Crippen LogP contribution in [0.4, 0.5) is 0 Å². The summed E-state index contributed by atoms with van der Waals surface area (Å²) >= 11 is 0. The number of fused-ring (bicyclic) bond motifs is 6. The highest BCUT2D eigenvalue weighted by molar-refractivity contribution is 5.90. The van der Waals surface area contributed by atoms with Gasteiger partial charge in [0.1, 0.15) is 48.8 Å². The summed E-state index contributed by atoms with van der Waals surface area (Å²) < 4.78 is 62.1. The molecule has 7 rings (SSSR count). The molecule has 0 spiro atoms. The van der Waals surface area contributed by atoms with E-state index in [1.807, 2.05) is 55.4 Å². The molecule has 0 aromatic carbocycles. The topological polar surface area (TPSA) is 114 Å². The van der Waals surface area contributed by atoms with Gasteiger partial charge in [0.2, 0.25) is 0 Å². The van der Waals surface area contributed by atoms with Gasteiger partial charge in [0, 0.05) is 6.42 Å². The van der Waals surface area contributed by atoms with Gasteiger partial charge in [-0.25, -0.2) is 0 Å². The van der Waals surface area contributed by atoms with Crippen molar-refractivity contribution < 1.29 is 52.2 Å². The highest BCUT2D eigenvalue weighted by Crippen LogP contribution is 2.48. The summed E-state index contributed by atoms with van der Waals surface area (Å²) in [5.41, 5.74) is 0.692. The second kappa shape index (κ2) is 7.84. The number of oxime groups is 1. The van der Waals surface area contributed by atoms with Crippen molar-refractivity contribution in [3.63, 3.8) is 0 Å². The SMILES string of the molecule is CC1(C)O[C@@H]2[C@H](O1)[C@H]1OC(C)(C)O[C@H]1O[C@@H]2[C@@H]1CC([C@H]2O[C@@H]3OC(C)(C)O[C@@H]3[C@H]3OC(C)(C)O[C@H]32)=NO1. The van der Waals surface area contributed by atoms with Crippen molar-refractivity contribution in [1.29, 1.82) is 0 Å². The van der Waals surface area contributed by atoms with E-state index in [1.54, 1.807) is 0 Å². The lowest BCUT2D eigenvalue weighted by atomic mass is 9.90. The van der Waals surface area contributed by atoms with Crippen molar-refractivity contribution >= 4 is 5.71 Å². The van der Waals surface area contributed by atoms with E-state index in [2.05, 4.69) is 5.16 Å². The lowest BCUT2D eigenvalue weighted by Gasteiger charge is -2.39. The first-order valence-electron chi connectivity index (χ1n) is 13.2. The van der Waals surface area contributed by atoms with Gasteiger partial charge in [0.05, 0.1) is 5.71 Å². The Morgan fingerprint density at radius 2 is 0.946 bits per heavy atom. The van der Waals surface area contributed by atoms with Gasteiger partial charge in [-0.05, 0) is 55.4 Å². The van der Waals surface area contributed by atoms with E-state index in [4.69, 9.17) is 52.2 Å². The van der Waals surface area contributed by atoms with Crippen LogP contribution in [0.3, 0.4) is 0 Å². The molecular formula is C25H37NO11. The molecule has 0 amide bonds. The average Bonchev–Trinajstić information content (AvgIpc) is 3.53. The standard InChI is InChI=1S/C25H37NO11/c1-22(2)29-14-12(27-20-18(16(14)31-22)33-24(5,6)35-20)10-9-11(37-26-10)13-15-17(32-23(3,4)30-15)19-21(28-13)36-25(7,8)34-19/h11-21H,9H2,1-8H3/t11-,12+,13+,14-,15-,16-,17-,18+,19+,20+,21+/m0/s1. The van der Waals surface area contributed by atoms with Crippen LogP contribution >= 0.6 is 0 Å². The van der Waals surface area contributed by atoms with Gasteiger partial charge in [-0.15, -0.1) is 0 Å². The van der Waals surface area contributed by atoms with Crippen molar-refractivity contribution in [3.8, 4) is 0 Å². The van der Waals surface area contributed by atoms with Gasteiger partial charge in [-0.3, -0.25) is 0 Å². The Morgan fingerprint density at radius 1 is 0.514 bits per heavy atom. The number of nitrogens with zero attached hydrogens (tertiary/aromatic N) is 1. The molecule has 0 radical (unpaired) electrons. The maximum Gasteiger partial charge on any atom is 0.190 e. The van der Waals surface area contributed by atoms with Crippen molar-refractivity contribution in [2.75, 3.05) is 0 Å². The Morgan fingerprint density at radius 3 is 1.54 bits per heavy atom. The zero-order valence-corrected chi connectivity index (χ0v) is 22.5. The third-order valence-electron chi connectivity index (χ3n) is 7.76. The zero-order valence-electron chi connectivity index (χ0n) is 22.5. The van der Waals surface area contributed by atoms with Crippen LogP contribution in [0.15, 0.2) is 5.16 Å². The quantitative estimate of drug-likeness (QED) is 0.525. The lowest BCUT2D eigenvalue weighted by molar-refractivity contribution is -0.254. The smallest absolute Gasteiger partial charge is 0.190 e. The summed E-state index contributed by atoms with van der Waals surface area (Å²) in [5.74, 6) is -3.20. The van der Waals surface area contributed by atoms with E-state index >= 15 is 0 Å². The number of hydrogen-bond acceptors (Lipinski definition) is 12. The van der Waals surface area contributed by atoms with Gasteiger partial charge in [0.15, 0.2) is 41.8 Å². The maximum absolute atomic E-state index is 6.40. The number of hydrogen-bond donors (Lipinski definition) is 0. The van der Waals surface area contributed by atoms with Crippen LogP contribution in [0.25, 0.3) is 0 Å². The molecule has 12 heteroatoms. The average molecular weight is 528 g/mol. The van der Waals surface area contributed by atoms with Crippen LogP contribution in [0.1, 0.15) is 61.8 Å². The summed E-state index contributed by atoms with van der Waals surface area (Å²) in [6.07, 6.45) is -4.69. The monoisotopic (exact) mass is 527 g/mol. The normalized spacial score (nSPS) is 52.1. The van der Waals surface area contributed by atoms with E-state index < -0.39 is 78.5 Å². The molecular weight excluding hydrogens is 490 g/mol. The minimum absolute atomic E-state index is 0.372. The van der Waals surface area contributed by atoms with E-state index in [-0.39, 0.29) is 12.2 Å². The van der Waals surface area contributed by atoms with Crippen LogP contribution < -0.4 is 0 Å². The molecule has 37 heavy (non-hydrogen) atoms. The van der Waals surface area contributed by atoms with Crippen molar-refractivity contribution in [3.05, 3.63) is 0 Å². The van der Waals surface area contributed by atoms with Gasteiger partial charge >= 0.3 is 0 Å². The second-order valence-corrected chi connectivity index (χ2v) is 12.7. The molecule has 6 saturated heterocycles.